The van der Waals surface area contributed by atoms with Crippen molar-refractivity contribution >= 4 is 49.1 Å². The first kappa shape index (κ1) is 18.8. The molecule has 0 atom stereocenters. The van der Waals surface area contributed by atoms with Crippen LogP contribution in [0.3, 0.4) is 0 Å². The molecule has 2 aromatic carbocycles. The molecule has 128 valence electrons. The average molecular weight is 432 g/mol. The maximum Gasteiger partial charge on any atom is 0.241 e. The fraction of sp³-hybridized carbons (Fsp3) is 0.188. The molecule has 24 heavy (non-hydrogen) atoms. The quantitative estimate of drug-likeness (QED) is 0.764. The monoisotopic (exact) mass is 430 g/mol. The average Bonchev–Trinajstić information content (AvgIpc) is 2.52. The third kappa shape index (κ3) is 4.96. The SMILES string of the molecule is CS(=O)(=O)N(CC(=O)NCc1ccccc1Cl)c1ccccc1Br. The first-order valence-electron chi connectivity index (χ1n) is 7.01. The van der Waals surface area contributed by atoms with Crippen molar-refractivity contribution < 1.29 is 13.2 Å². The molecule has 0 bridgehead atoms. The van der Waals surface area contributed by atoms with E-state index in [1.807, 2.05) is 6.07 Å². The lowest BCUT2D eigenvalue weighted by molar-refractivity contribution is -0.119. The molecule has 0 radical (unpaired) electrons. The van der Waals surface area contributed by atoms with E-state index in [0.29, 0.717) is 15.2 Å². The van der Waals surface area contributed by atoms with Crippen molar-refractivity contribution in [3.8, 4) is 0 Å². The van der Waals surface area contributed by atoms with Gasteiger partial charge in [0.05, 0.1) is 11.9 Å². The van der Waals surface area contributed by atoms with Gasteiger partial charge < -0.3 is 5.32 Å². The molecule has 0 saturated heterocycles. The van der Waals surface area contributed by atoms with Crippen LogP contribution in [0.1, 0.15) is 5.56 Å². The molecule has 1 amide bonds. The minimum atomic E-state index is -3.61. The van der Waals surface area contributed by atoms with Crippen molar-refractivity contribution in [3.05, 3.63) is 63.6 Å². The molecule has 0 aliphatic heterocycles. The van der Waals surface area contributed by atoms with E-state index in [1.165, 1.54) is 0 Å². The number of carbonyl (C=O) groups is 1. The molecule has 0 saturated carbocycles. The molecule has 8 heteroatoms. The van der Waals surface area contributed by atoms with Crippen LogP contribution in [0.4, 0.5) is 5.69 Å². The van der Waals surface area contributed by atoms with Crippen LogP contribution < -0.4 is 9.62 Å². The molecular weight excluding hydrogens is 416 g/mol. The van der Waals surface area contributed by atoms with Gasteiger partial charge in [0.1, 0.15) is 6.54 Å². The predicted octanol–water partition coefficient (Wildman–Crippen LogP) is 3.18. The van der Waals surface area contributed by atoms with E-state index >= 15 is 0 Å². The molecule has 2 aromatic rings. The minimum absolute atomic E-state index is 0.228. The second-order valence-corrected chi connectivity index (χ2v) is 8.26. The number of para-hydroxylation sites is 1. The van der Waals surface area contributed by atoms with Gasteiger partial charge in [0.25, 0.3) is 0 Å². The molecule has 0 aliphatic rings. The van der Waals surface area contributed by atoms with Gasteiger partial charge in [-0.2, -0.15) is 0 Å². The van der Waals surface area contributed by atoms with Crippen LogP contribution in [0.25, 0.3) is 0 Å². The summed E-state index contributed by atoms with van der Waals surface area (Å²) in [6, 6.07) is 14.0. The minimum Gasteiger partial charge on any atom is -0.350 e. The van der Waals surface area contributed by atoms with Crippen LogP contribution in [0.2, 0.25) is 5.02 Å². The van der Waals surface area contributed by atoms with Gasteiger partial charge in [-0.15, -0.1) is 0 Å². The zero-order chi connectivity index (χ0) is 17.7. The van der Waals surface area contributed by atoms with Crippen LogP contribution in [0.5, 0.6) is 0 Å². The van der Waals surface area contributed by atoms with Crippen molar-refractivity contribution in [2.75, 3.05) is 17.1 Å². The highest BCUT2D eigenvalue weighted by Gasteiger charge is 2.22. The first-order chi connectivity index (χ1) is 11.3. The van der Waals surface area contributed by atoms with Gasteiger partial charge in [-0.1, -0.05) is 41.9 Å². The second kappa shape index (κ2) is 8.00. The summed E-state index contributed by atoms with van der Waals surface area (Å²) in [5, 5.41) is 3.23. The van der Waals surface area contributed by atoms with E-state index in [-0.39, 0.29) is 13.1 Å². The number of hydrogen-bond donors (Lipinski definition) is 1. The zero-order valence-electron chi connectivity index (χ0n) is 12.9. The fourth-order valence-electron chi connectivity index (χ4n) is 2.06. The summed E-state index contributed by atoms with van der Waals surface area (Å²) < 4.78 is 25.8. The lowest BCUT2D eigenvalue weighted by Crippen LogP contribution is -2.40. The van der Waals surface area contributed by atoms with Crippen molar-refractivity contribution in [3.63, 3.8) is 0 Å². The molecule has 0 unspecified atom stereocenters. The predicted molar refractivity (Wildman–Crippen MR) is 99.6 cm³/mol. The van der Waals surface area contributed by atoms with Gasteiger partial charge >= 0.3 is 0 Å². The van der Waals surface area contributed by atoms with Gasteiger partial charge in [0.15, 0.2) is 0 Å². The molecule has 2 rings (SSSR count). The number of halogens is 2. The smallest absolute Gasteiger partial charge is 0.241 e. The Morgan fingerprint density at radius 1 is 1.17 bits per heavy atom. The van der Waals surface area contributed by atoms with Crippen LogP contribution in [0, 0.1) is 0 Å². The standard InChI is InChI=1S/C16H16BrClN2O3S/c1-24(22,23)20(15-9-5-3-7-13(15)17)11-16(21)19-10-12-6-2-4-8-14(12)18/h2-9H,10-11H2,1H3,(H,19,21). The molecule has 0 spiro atoms. The Morgan fingerprint density at radius 3 is 2.42 bits per heavy atom. The molecule has 5 nitrogen and oxygen atoms in total. The van der Waals surface area contributed by atoms with Crippen molar-refractivity contribution in [1.82, 2.24) is 5.32 Å². The van der Waals surface area contributed by atoms with Crippen LogP contribution in [-0.4, -0.2) is 27.1 Å². The Morgan fingerprint density at radius 2 is 1.79 bits per heavy atom. The fourth-order valence-corrected chi connectivity index (χ4v) is 3.74. The highest BCUT2D eigenvalue weighted by atomic mass is 79.9. The lowest BCUT2D eigenvalue weighted by Gasteiger charge is -2.23. The highest BCUT2D eigenvalue weighted by Crippen LogP contribution is 2.27. The van der Waals surface area contributed by atoms with Crippen molar-refractivity contribution in [2.45, 2.75) is 6.54 Å². The third-order valence-electron chi connectivity index (χ3n) is 3.24. The Labute approximate surface area is 154 Å². The molecule has 0 fully saturated rings. The Bertz CT molecular complexity index is 843. The number of nitrogens with one attached hydrogen (secondary N) is 1. The number of carbonyl (C=O) groups excluding carboxylic acids is 1. The Kier molecular flexibility index (Phi) is 6.26. The van der Waals surface area contributed by atoms with Gasteiger partial charge in [0, 0.05) is 16.0 Å². The van der Waals surface area contributed by atoms with Gasteiger partial charge in [-0.05, 0) is 39.7 Å². The van der Waals surface area contributed by atoms with Gasteiger partial charge in [-0.3, -0.25) is 9.10 Å². The largest absolute Gasteiger partial charge is 0.350 e. The van der Waals surface area contributed by atoms with E-state index in [9.17, 15) is 13.2 Å². The summed E-state index contributed by atoms with van der Waals surface area (Å²) in [6.45, 7) is -0.0854. The molecule has 0 aromatic heterocycles. The summed E-state index contributed by atoms with van der Waals surface area (Å²) in [6.07, 6.45) is 1.06. The van der Waals surface area contributed by atoms with Gasteiger partial charge in [-0.25, -0.2) is 8.42 Å². The van der Waals surface area contributed by atoms with Crippen LogP contribution in [-0.2, 0) is 21.4 Å². The summed E-state index contributed by atoms with van der Waals surface area (Å²) in [5.74, 6) is -0.420. The topological polar surface area (TPSA) is 66.5 Å². The summed E-state index contributed by atoms with van der Waals surface area (Å²) in [5.41, 5.74) is 1.17. The lowest BCUT2D eigenvalue weighted by atomic mass is 10.2. The van der Waals surface area contributed by atoms with Crippen molar-refractivity contribution in [1.29, 1.82) is 0 Å². The summed E-state index contributed by atoms with van der Waals surface area (Å²) >= 11 is 9.35. The van der Waals surface area contributed by atoms with Crippen LogP contribution >= 0.6 is 27.5 Å². The van der Waals surface area contributed by atoms with Crippen LogP contribution in [0.15, 0.2) is 53.0 Å². The number of amides is 1. The molecule has 1 N–H and O–H groups in total. The number of benzene rings is 2. The Balaban J connectivity index is 2.12. The summed E-state index contributed by atoms with van der Waals surface area (Å²) in [4.78, 5) is 12.2. The highest BCUT2D eigenvalue weighted by molar-refractivity contribution is 9.10. The number of sulfonamides is 1. The summed E-state index contributed by atoms with van der Waals surface area (Å²) in [7, 11) is -3.61. The van der Waals surface area contributed by atoms with E-state index < -0.39 is 15.9 Å². The van der Waals surface area contributed by atoms with E-state index in [1.54, 1.807) is 42.5 Å². The maximum absolute atomic E-state index is 12.2. The third-order valence-corrected chi connectivity index (χ3v) is 5.41. The molecular formula is C16H16BrClN2O3S. The van der Waals surface area contributed by atoms with Crippen molar-refractivity contribution in [2.24, 2.45) is 0 Å². The molecule has 0 heterocycles. The van der Waals surface area contributed by atoms with E-state index in [0.717, 1.165) is 16.1 Å². The zero-order valence-corrected chi connectivity index (χ0v) is 16.0. The number of hydrogen-bond acceptors (Lipinski definition) is 3. The first-order valence-corrected chi connectivity index (χ1v) is 10.0. The number of rotatable bonds is 6. The molecule has 0 aliphatic carbocycles. The number of anilines is 1. The Hall–Kier alpha value is -1.57. The van der Waals surface area contributed by atoms with E-state index in [4.69, 9.17) is 11.6 Å². The second-order valence-electron chi connectivity index (χ2n) is 5.09. The van der Waals surface area contributed by atoms with E-state index in [2.05, 4.69) is 21.2 Å². The normalized spacial score (nSPS) is 11.1. The number of nitrogens with zero attached hydrogens (tertiary/aromatic N) is 1. The maximum atomic E-state index is 12.2. The van der Waals surface area contributed by atoms with Gasteiger partial charge in [0.2, 0.25) is 15.9 Å².